The first-order chi connectivity index (χ1) is 6.99. The van der Waals surface area contributed by atoms with Crippen LogP contribution < -0.4 is 5.73 Å². The number of nitrogens with two attached hydrogens (primary N) is 1. The molecule has 0 aliphatic carbocycles. The van der Waals surface area contributed by atoms with Gasteiger partial charge in [0, 0.05) is 6.07 Å². The number of rotatable bonds is 3. The average molecular weight is 294 g/mol. The predicted octanol–water partition coefficient (Wildman–Crippen LogP) is 2.41. The van der Waals surface area contributed by atoms with Crippen molar-refractivity contribution in [2.24, 2.45) is 0 Å². The number of nitrogens with zero attached hydrogens (tertiary/aromatic N) is 1. The van der Waals surface area contributed by atoms with Crippen molar-refractivity contribution in [1.82, 2.24) is 0 Å². The van der Waals surface area contributed by atoms with Crippen LogP contribution in [0.25, 0.3) is 0 Å². The second-order valence-electron chi connectivity index (χ2n) is 2.67. The molecule has 0 fully saturated rings. The van der Waals surface area contributed by atoms with E-state index in [-0.39, 0.29) is 27.3 Å². The average Bonchev–Trinajstić information content (AvgIpc) is 2.20. The van der Waals surface area contributed by atoms with Crippen molar-refractivity contribution in [2.45, 2.75) is 0 Å². The van der Waals surface area contributed by atoms with Crippen molar-refractivity contribution < 1.29 is 9.72 Å². The molecular formula is C8H6BrClN2O3. The Balaban J connectivity index is 3.48. The number of halogens is 2. The zero-order valence-electron chi connectivity index (χ0n) is 7.37. The van der Waals surface area contributed by atoms with Crippen LogP contribution in [-0.4, -0.2) is 16.0 Å². The molecule has 0 atom stereocenters. The van der Waals surface area contributed by atoms with E-state index in [0.29, 0.717) is 0 Å². The van der Waals surface area contributed by atoms with Crippen molar-refractivity contribution in [3.63, 3.8) is 0 Å². The standard InChI is InChI=1S/C8H6BrClN2O3/c9-3-6(13)7-5(12(14)15)2-1-4(10)8(7)11/h1-2H,3,11H2. The topological polar surface area (TPSA) is 86.2 Å². The van der Waals surface area contributed by atoms with Crippen LogP contribution in [0, 0.1) is 10.1 Å². The number of nitro groups is 1. The van der Waals surface area contributed by atoms with Crippen LogP contribution in [-0.2, 0) is 0 Å². The van der Waals surface area contributed by atoms with Gasteiger partial charge in [-0.2, -0.15) is 0 Å². The Morgan fingerprint density at radius 3 is 2.67 bits per heavy atom. The van der Waals surface area contributed by atoms with Crippen molar-refractivity contribution in [3.8, 4) is 0 Å². The molecule has 7 heteroatoms. The number of Topliss-reactive ketones (excluding diaryl/α,β-unsaturated/α-hetero) is 1. The summed E-state index contributed by atoms with van der Waals surface area (Å²) in [5.41, 5.74) is 4.98. The molecule has 80 valence electrons. The predicted molar refractivity (Wildman–Crippen MR) is 60.6 cm³/mol. The number of hydrogen-bond acceptors (Lipinski definition) is 4. The maximum Gasteiger partial charge on any atom is 0.282 e. The number of alkyl halides is 1. The summed E-state index contributed by atoms with van der Waals surface area (Å²) >= 11 is 8.60. The highest BCUT2D eigenvalue weighted by Crippen LogP contribution is 2.31. The largest absolute Gasteiger partial charge is 0.397 e. The third kappa shape index (κ3) is 2.27. The molecule has 5 nitrogen and oxygen atoms in total. The van der Waals surface area contributed by atoms with Crippen LogP contribution in [0.15, 0.2) is 12.1 Å². The fraction of sp³-hybridized carbons (Fsp3) is 0.125. The number of nitro benzene ring substituents is 1. The van der Waals surface area contributed by atoms with E-state index < -0.39 is 10.7 Å². The van der Waals surface area contributed by atoms with Gasteiger partial charge in [-0.05, 0) is 6.07 Å². The molecule has 0 aliphatic heterocycles. The first-order valence-corrected chi connectivity index (χ1v) is 5.30. The van der Waals surface area contributed by atoms with Gasteiger partial charge >= 0.3 is 0 Å². The number of hydrogen-bond donors (Lipinski definition) is 1. The van der Waals surface area contributed by atoms with Crippen LogP contribution in [0.1, 0.15) is 10.4 Å². The normalized spacial score (nSPS) is 10.0. The lowest BCUT2D eigenvalue weighted by Gasteiger charge is -2.05. The number of nitrogen functional groups attached to an aromatic ring is 1. The van der Waals surface area contributed by atoms with E-state index in [1.807, 2.05) is 0 Å². The third-order valence-corrected chi connectivity index (χ3v) is 2.61. The molecule has 0 amide bonds. The van der Waals surface area contributed by atoms with Crippen molar-refractivity contribution >= 4 is 44.7 Å². The van der Waals surface area contributed by atoms with E-state index in [1.165, 1.54) is 6.07 Å². The van der Waals surface area contributed by atoms with Gasteiger partial charge in [0.25, 0.3) is 5.69 Å². The Morgan fingerprint density at radius 2 is 2.20 bits per heavy atom. The minimum atomic E-state index is -0.664. The molecule has 0 aromatic heterocycles. The van der Waals surface area contributed by atoms with Gasteiger partial charge in [-0.1, -0.05) is 27.5 Å². The molecule has 0 unspecified atom stereocenters. The maximum absolute atomic E-state index is 11.4. The zero-order valence-corrected chi connectivity index (χ0v) is 9.71. The third-order valence-electron chi connectivity index (χ3n) is 1.77. The SMILES string of the molecule is Nc1c(Cl)ccc([N+](=O)[O-])c1C(=O)CBr. The summed E-state index contributed by atoms with van der Waals surface area (Å²) in [5.74, 6) is -0.471. The van der Waals surface area contributed by atoms with E-state index >= 15 is 0 Å². The second kappa shape index (κ2) is 4.59. The molecule has 0 heterocycles. The quantitative estimate of drug-likeness (QED) is 0.305. The minimum absolute atomic E-state index is 0.0433. The monoisotopic (exact) mass is 292 g/mol. The van der Waals surface area contributed by atoms with Crippen molar-refractivity contribution in [1.29, 1.82) is 0 Å². The van der Waals surface area contributed by atoms with Crippen molar-refractivity contribution in [3.05, 3.63) is 32.8 Å². The van der Waals surface area contributed by atoms with Gasteiger partial charge in [0.05, 0.1) is 21.0 Å². The van der Waals surface area contributed by atoms with Gasteiger partial charge in [0.2, 0.25) is 0 Å². The highest BCUT2D eigenvalue weighted by Gasteiger charge is 2.23. The second-order valence-corrected chi connectivity index (χ2v) is 3.64. The van der Waals surface area contributed by atoms with Gasteiger partial charge in [-0.3, -0.25) is 14.9 Å². The highest BCUT2D eigenvalue weighted by atomic mass is 79.9. The molecule has 0 bridgehead atoms. The lowest BCUT2D eigenvalue weighted by Crippen LogP contribution is -2.09. The molecule has 0 radical (unpaired) electrons. The lowest BCUT2D eigenvalue weighted by atomic mass is 10.1. The van der Waals surface area contributed by atoms with E-state index in [2.05, 4.69) is 15.9 Å². The summed E-state index contributed by atoms with van der Waals surface area (Å²) in [6.45, 7) is 0. The Morgan fingerprint density at radius 1 is 1.60 bits per heavy atom. The molecular weight excluding hydrogens is 287 g/mol. The fourth-order valence-corrected chi connectivity index (χ4v) is 1.53. The van der Waals surface area contributed by atoms with Gasteiger partial charge < -0.3 is 5.73 Å². The molecule has 0 aliphatic rings. The molecule has 1 aromatic carbocycles. The first kappa shape index (κ1) is 11.9. The van der Waals surface area contributed by atoms with Crippen LogP contribution in [0.3, 0.4) is 0 Å². The number of anilines is 1. The van der Waals surface area contributed by atoms with Gasteiger partial charge in [0.1, 0.15) is 5.56 Å². The van der Waals surface area contributed by atoms with Crippen LogP contribution >= 0.6 is 27.5 Å². The van der Waals surface area contributed by atoms with Gasteiger partial charge in [-0.15, -0.1) is 0 Å². The zero-order chi connectivity index (χ0) is 11.6. The molecule has 0 spiro atoms. The number of ketones is 1. The summed E-state index contributed by atoms with van der Waals surface area (Å²) in [6, 6.07) is 2.45. The van der Waals surface area contributed by atoms with E-state index in [1.54, 1.807) is 0 Å². The summed E-state index contributed by atoms with van der Waals surface area (Å²) in [4.78, 5) is 21.4. The number of benzene rings is 1. The van der Waals surface area contributed by atoms with Crippen LogP contribution in [0.4, 0.5) is 11.4 Å². The lowest BCUT2D eigenvalue weighted by molar-refractivity contribution is -0.385. The molecule has 1 rings (SSSR count). The Hall–Kier alpha value is -1.14. The molecule has 2 N–H and O–H groups in total. The van der Waals surface area contributed by atoms with Gasteiger partial charge in [-0.25, -0.2) is 0 Å². The summed E-state index contributed by atoms with van der Waals surface area (Å²) in [6.07, 6.45) is 0. The number of carbonyl (C=O) groups is 1. The minimum Gasteiger partial charge on any atom is -0.397 e. The Bertz CT molecular complexity index is 436. The first-order valence-electron chi connectivity index (χ1n) is 3.80. The summed E-state index contributed by atoms with van der Waals surface area (Å²) < 4.78 is 0. The van der Waals surface area contributed by atoms with Crippen molar-refractivity contribution in [2.75, 3.05) is 11.1 Å². The smallest absolute Gasteiger partial charge is 0.282 e. The molecule has 1 aromatic rings. The van der Waals surface area contributed by atoms with E-state index in [0.717, 1.165) is 6.07 Å². The molecule has 0 saturated carbocycles. The van der Waals surface area contributed by atoms with Crippen LogP contribution in [0.2, 0.25) is 5.02 Å². The summed E-state index contributed by atoms with van der Waals surface area (Å²) in [5, 5.41) is 10.7. The summed E-state index contributed by atoms with van der Waals surface area (Å²) in [7, 11) is 0. The fourth-order valence-electron chi connectivity index (χ4n) is 1.09. The molecule has 0 saturated heterocycles. The number of carbonyl (C=O) groups excluding carboxylic acids is 1. The Kier molecular flexibility index (Phi) is 3.65. The van der Waals surface area contributed by atoms with Crippen LogP contribution in [0.5, 0.6) is 0 Å². The van der Waals surface area contributed by atoms with Gasteiger partial charge in [0.15, 0.2) is 5.78 Å². The maximum atomic E-state index is 11.4. The highest BCUT2D eigenvalue weighted by molar-refractivity contribution is 9.09. The van der Waals surface area contributed by atoms with E-state index in [9.17, 15) is 14.9 Å². The Labute approximate surface area is 98.5 Å². The molecule has 15 heavy (non-hydrogen) atoms. The van der Waals surface area contributed by atoms with E-state index in [4.69, 9.17) is 17.3 Å².